The number of nitrogens with one attached hydrogen (secondary N) is 2. The molecule has 7 heteroatoms. The number of aryl methyl sites for hydroxylation is 1. The van der Waals surface area contributed by atoms with Crippen LogP contribution in [0.2, 0.25) is 0 Å². The molecule has 0 spiro atoms. The zero-order valence-corrected chi connectivity index (χ0v) is 15.2. The van der Waals surface area contributed by atoms with Gasteiger partial charge in [-0.25, -0.2) is 9.97 Å². The number of aromatic nitrogens is 2. The highest BCUT2D eigenvalue weighted by molar-refractivity contribution is 5.74. The molecule has 2 aromatic carbocycles. The first kappa shape index (κ1) is 18.3. The van der Waals surface area contributed by atoms with Gasteiger partial charge in [0.2, 0.25) is 11.6 Å². The molecule has 0 aliphatic heterocycles. The third-order valence-electron chi connectivity index (χ3n) is 4.28. The number of benzene rings is 2. The van der Waals surface area contributed by atoms with Crippen LogP contribution in [0, 0.1) is 10.1 Å². The lowest BCUT2D eigenvalue weighted by molar-refractivity contribution is -0.383. The summed E-state index contributed by atoms with van der Waals surface area (Å²) in [6, 6.07) is 17.3. The Morgan fingerprint density at radius 3 is 2.33 bits per heavy atom. The number of hydrogen-bond donors (Lipinski definition) is 2. The molecule has 3 aromatic rings. The third kappa shape index (κ3) is 4.38. The van der Waals surface area contributed by atoms with Gasteiger partial charge in [-0.15, -0.1) is 0 Å². The first-order valence-electron chi connectivity index (χ1n) is 8.75. The number of anilines is 3. The lowest BCUT2D eigenvalue weighted by Crippen LogP contribution is -2.11. The summed E-state index contributed by atoms with van der Waals surface area (Å²) in [6.45, 7) is 4.00. The van der Waals surface area contributed by atoms with Gasteiger partial charge in [-0.2, -0.15) is 0 Å². The Labute approximate surface area is 157 Å². The molecule has 0 saturated heterocycles. The summed E-state index contributed by atoms with van der Waals surface area (Å²) in [5.74, 6) is 0.334. The van der Waals surface area contributed by atoms with Crippen molar-refractivity contribution >= 4 is 23.0 Å². The van der Waals surface area contributed by atoms with Crippen LogP contribution in [0.4, 0.5) is 23.0 Å². The largest absolute Gasteiger partial charge is 0.358 e. The SMILES string of the molecule is CCc1ccc(Nc2ncnc(NC(C)c3ccccc3)c2[N+](=O)[O-])cc1. The zero-order valence-electron chi connectivity index (χ0n) is 15.2. The van der Waals surface area contributed by atoms with Crippen molar-refractivity contribution in [3.8, 4) is 0 Å². The van der Waals surface area contributed by atoms with E-state index in [2.05, 4.69) is 27.5 Å². The minimum absolute atomic E-state index is 0.142. The molecule has 27 heavy (non-hydrogen) atoms. The summed E-state index contributed by atoms with van der Waals surface area (Å²) in [5, 5.41) is 17.8. The normalized spacial score (nSPS) is 11.6. The minimum Gasteiger partial charge on any atom is -0.358 e. The second-order valence-corrected chi connectivity index (χ2v) is 6.13. The fourth-order valence-corrected chi connectivity index (χ4v) is 2.74. The highest BCUT2D eigenvalue weighted by Crippen LogP contribution is 2.33. The average Bonchev–Trinajstić information content (AvgIpc) is 2.69. The summed E-state index contributed by atoms with van der Waals surface area (Å²) < 4.78 is 0. The highest BCUT2D eigenvalue weighted by atomic mass is 16.6. The van der Waals surface area contributed by atoms with E-state index in [9.17, 15) is 10.1 Å². The van der Waals surface area contributed by atoms with E-state index in [1.54, 1.807) is 0 Å². The molecule has 0 aliphatic carbocycles. The molecule has 3 rings (SSSR count). The predicted molar refractivity (Wildman–Crippen MR) is 106 cm³/mol. The summed E-state index contributed by atoms with van der Waals surface area (Å²) in [4.78, 5) is 19.4. The fraction of sp³-hybridized carbons (Fsp3) is 0.200. The maximum atomic E-state index is 11.7. The van der Waals surface area contributed by atoms with Gasteiger partial charge >= 0.3 is 5.69 Å². The van der Waals surface area contributed by atoms with Crippen molar-refractivity contribution in [1.29, 1.82) is 0 Å². The third-order valence-corrected chi connectivity index (χ3v) is 4.28. The molecule has 2 N–H and O–H groups in total. The monoisotopic (exact) mass is 363 g/mol. The summed E-state index contributed by atoms with van der Waals surface area (Å²) in [7, 11) is 0. The molecule has 0 radical (unpaired) electrons. The Hall–Kier alpha value is -3.48. The molecule has 0 bridgehead atoms. The molecule has 0 fully saturated rings. The smallest absolute Gasteiger partial charge is 0.353 e. The molecule has 1 atom stereocenters. The van der Waals surface area contributed by atoms with E-state index < -0.39 is 4.92 Å². The molecule has 1 unspecified atom stereocenters. The quantitative estimate of drug-likeness (QED) is 0.460. The van der Waals surface area contributed by atoms with E-state index in [0.29, 0.717) is 0 Å². The Balaban J connectivity index is 1.89. The zero-order chi connectivity index (χ0) is 19.2. The van der Waals surface area contributed by atoms with E-state index in [-0.39, 0.29) is 23.4 Å². The maximum Gasteiger partial charge on any atom is 0.353 e. The van der Waals surface area contributed by atoms with Crippen LogP contribution in [-0.4, -0.2) is 14.9 Å². The average molecular weight is 363 g/mol. The summed E-state index contributed by atoms with van der Waals surface area (Å²) in [5.41, 5.74) is 2.75. The van der Waals surface area contributed by atoms with Crippen LogP contribution in [0.1, 0.15) is 31.0 Å². The molecular weight excluding hydrogens is 342 g/mol. The first-order chi connectivity index (χ1) is 13.1. The van der Waals surface area contributed by atoms with Crippen molar-refractivity contribution in [2.75, 3.05) is 10.6 Å². The van der Waals surface area contributed by atoms with Crippen molar-refractivity contribution in [2.24, 2.45) is 0 Å². The number of nitrogens with zero attached hydrogens (tertiary/aromatic N) is 3. The number of nitro groups is 1. The predicted octanol–water partition coefficient (Wildman–Crippen LogP) is 4.86. The van der Waals surface area contributed by atoms with Gasteiger partial charge in [0.05, 0.1) is 11.0 Å². The van der Waals surface area contributed by atoms with Crippen molar-refractivity contribution in [3.63, 3.8) is 0 Å². The van der Waals surface area contributed by atoms with Crippen LogP contribution in [-0.2, 0) is 6.42 Å². The molecular formula is C20H21N5O2. The molecule has 1 heterocycles. The second-order valence-electron chi connectivity index (χ2n) is 6.13. The number of hydrogen-bond acceptors (Lipinski definition) is 6. The standard InChI is InChI=1S/C20H21N5O2/c1-3-15-9-11-17(12-10-15)24-20-18(25(26)27)19(21-13-22-20)23-14(2)16-7-5-4-6-8-16/h4-14H,3H2,1-2H3,(H2,21,22,23,24). The van der Waals surface area contributed by atoms with E-state index in [0.717, 1.165) is 17.7 Å². The van der Waals surface area contributed by atoms with Gasteiger partial charge in [-0.05, 0) is 36.6 Å². The van der Waals surface area contributed by atoms with Gasteiger partial charge in [0, 0.05) is 5.69 Å². The molecule has 1 aromatic heterocycles. The Morgan fingerprint density at radius 2 is 1.70 bits per heavy atom. The lowest BCUT2D eigenvalue weighted by atomic mass is 10.1. The first-order valence-corrected chi connectivity index (χ1v) is 8.75. The Bertz CT molecular complexity index is 913. The molecule has 0 aliphatic rings. The number of rotatable bonds is 7. The fourth-order valence-electron chi connectivity index (χ4n) is 2.74. The summed E-state index contributed by atoms with van der Waals surface area (Å²) in [6.07, 6.45) is 2.25. The molecule has 138 valence electrons. The van der Waals surface area contributed by atoms with Crippen LogP contribution in [0.5, 0.6) is 0 Å². The topological polar surface area (TPSA) is 93.0 Å². The molecule has 0 saturated carbocycles. The van der Waals surface area contributed by atoms with Crippen LogP contribution in [0.15, 0.2) is 60.9 Å². The minimum atomic E-state index is -0.469. The van der Waals surface area contributed by atoms with Gasteiger partial charge in [-0.1, -0.05) is 49.4 Å². The van der Waals surface area contributed by atoms with Crippen LogP contribution >= 0.6 is 0 Å². The summed E-state index contributed by atoms with van der Waals surface area (Å²) >= 11 is 0. The van der Waals surface area contributed by atoms with Gasteiger partial charge < -0.3 is 10.6 Å². The van der Waals surface area contributed by atoms with Crippen molar-refractivity contribution in [3.05, 3.63) is 82.2 Å². The molecule has 7 nitrogen and oxygen atoms in total. The Kier molecular flexibility index (Phi) is 5.61. The maximum absolute atomic E-state index is 11.7. The lowest BCUT2D eigenvalue weighted by Gasteiger charge is -2.16. The van der Waals surface area contributed by atoms with E-state index in [1.165, 1.54) is 11.9 Å². The van der Waals surface area contributed by atoms with Crippen LogP contribution < -0.4 is 10.6 Å². The van der Waals surface area contributed by atoms with Gasteiger partial charge in [0.15, 0.2) is 0 Å². The van der Waals surface area contributed by atoms with Gasteiger partial charge in [0.1, 0.15) is 6.33 Å². The highest BCUT2D eigenvalue weighted by Gasteiger charge is 2.24. The van der Waals surface area contributed by atoms with Gasteiger partial charge in [-0.3, -0.25) is 10.1 Å². The van der Waals surface area contributed by atoms with Crippen molar-refractivity contribution < 1.29 is 4.92 Å². The van der Waals surface area contributed by atoms with E-state index in [4.69, 9.17) is 0 Å². The van der Waals surface area contributed by atoms with Crippen molar-refractivity contribution in [1.82, 2.24) is 9.97 Å². The Morgan fingerprint density at radius 1 is 1.04 bits per heavy atom. The van der Waals surface area contributed by atoms with Gasteiger partial charge in [0.25, 0.3) is 0 Å². The second kappa shape index (κ2) is 8.27. The molecule has 0 amide bonds. The van der Waals surface area contributed by atoms with Crippen molar-refractivity contribution in [2.45, 2.75) is 26.3 Å². The van der Waals surface area contributed by atoms with E-state index in [1.807, 2.05) is 61.5 Å². The van der Waals surface area contributed by atoms with E-state index >= 15 is 0 Å². The van der Waals surface area contributed by atoms with Crippen LogP contribution in [0.25, 0.3) is 0 Å². The van der Waals surface area contributed by atoms with Crippen LogP contribution in [0.3, 0.4) is 0 Å².